The zero-order chi connectivity index (χ0) is 15.9. The van der Waals surface area contributed by atoms with E-state index in [1.165, 1.54) is 55.1 Å². The summed E-state index contributed by atoms with van der Waals surface area (Å²) in [6.45, 7) is 6.99. The zero-order valence-corrected chi connectivity index (χ0v) is 14.4. The fourth-order valence-electron chi connectivity index (χ4n) is 3.78. The van der Waals surface area contributed by atoms with E-state index < -0.39 is 0 Å². The van der Waals surface area contributed by atoms with Crippen LogP contribution in [0.15, 0.2) is 42.5 Å². The summed E-state index contributed by atoms with van der Waals surface area (Å²) in [5, 5.41) is 6.39. The molecule has 2 nitrogen and oxygen atoms in total. The first-order chi connectivity index (χ1) is 11.4. The highest BCUT2D eigenvalue weighted by atomic mass is 15.2. The second-order valence-electron chi connectivity index (χ2n) is 6.77. The summed E-state index contributed by atoms with van der Waals surface area (Å²) in [6, 6.07) is 16.2. The Labute approximate surface area is 140 Å². The van der Waals surface area contributed by atoms with Gasteiger partial charge in [0.1, 0.15) is 0 Å². The molecule has 1 N–H and O–H groups in total. The minimum absolute atomic E-state index is 0.735. The van der Waals surface area contributed by atoms with Gasteiger partial charge in [0.25, 0.3) is 0 Å². The molecule has 1 heterocycles. The summed E-state index contributed by atoms with van der Waals surface area (Å²) in [7, 11) is 0. The van der Waals surface area contributed by atoms with Crippen LogP contribution in [0.25, 0.3) is 10.8 Å². The quantitative estimate of drug-likeness (QED) is 0.803. The number of hydrogen-bond acceptors (Lipinski definition) is 2. The lowest BCUT2D eigenvalue weighted by Gasteiger charge is -2.28. The van der Waals surface area contributed by atoms with Crippen molar-refractivity contribution in [1.29, 1.82) is 0 Å². The highest BCUT2D eigenvalue weighted by Gasteiger charge is 2.18. The van der Waals surface area contributed by atoms with E-state index in [-0.39, 0.29) is 0 Å². The van der Waals surface area contributed by atoms with Crippen LogP contribution >= 0.6 is 0 Å². The number of likely N-dealkylation sites (tertiary alicyclic amines) is 1. The number of rotatable bonds is 6. The Balaban J connectivity index is 1.48. The number of nitrogens with one attached hydrogen (secondary N) is 1. The van der Waals surface area contributed by atoms with E-state index >= 15 is 0 Å². The minimum atomic E-state index is 0.735. The van der Waals surface area contributed by atoms with E-state index in [9.17, 15) is 0 Å². The van der Waals surface area contributed by atoms with Gasteiger partial charge >= 0.3 is 0 Å². The third kappa shape index (κ3) is 4.55. The standard InChI is InChI=1S/C21H30N2/c1-2-23-15-7-3-4-10-21(23)17-22-14-13-18-11-12-19-8-5-6-9-20(19)16-18/h5-6,8-9,11-12,16,21-22H,2-4,7,10,13-15,17H2,1H3. The van der Waals surface area contributed by atoms with E-state index in [1.54, 1.807) is 0 Å². The first kappa shape index (κ1) is 16.5. The molecule has 1 unspecified atom stereocenters. The molecule has 2 heteroatoms. The summed E-state index contributed by atoms with van der Waals surface area (Å²) in [5.74, 6) is 0. The monoisotopic (exact) mass is 310 g/mol. The second-order valence-corrected chi connectivity index (χ2v) is 6.77. The van der Waals surface area contributed by atoms with Crippen molar-refractivity contribution >= 4 is 10.8 Å². The van der Waals surface area contributed by atoms with Gasteiger partial charge in [-0.25, -0.2) is 0 Å². The van der Waals surface area contributed by atoms with Gasteiger partial charge < -0.3 is 5.32 Å². The Kier molecular flexibility index (Phi) is 6.06. The van der Waals surface area contributed by atoms with Gasteiger partial charge in [-0.2, -0.15) is 0 Å². The molecule has 2 aromatic rings. The second kappa shape index (κ2) is 8.47. The van der Waals surface area contributed by atoms with E-state index in [2.05, 4.69) is 59.6 Å². The van der Waals surface area contributed by atoms with Gasteiger partial charge in [0.2, 0.25) is 0 Å². The molecule has 0 amide bonds. The molecule has 0 radical (unpaired) electrons. The number of benzene rings is 2. The van der Waals surface area contributed by atoms with Crippen LogP contribution < -0.4 is 5.32 Å². The van der Waals surface area contributed by atoms with Crippen molar-refractivity contribution in [2.45, 2.75) is 45.1 Å². The van der Waals surface area contributed by atoms with Gasteiger partial charge in [0.15, 0.2) is 0 Å². The maximum absolute atomic E-state index is 3.70. The molecule has 3 rings (SSSR count). The molecule has 124 valence electrons. The summed E-state index contributed by atoms with van der Waals surface area (Å²) < 4.78 is 0. The van der Waals surface area contributed by atoms with E-state index in [0.717, 1.165) is 25.6 Å². The molecule has 1 aliphatic heterocycles. The van der Waals surface area contributed by atoms with E-state index in [0.29, 0.717) is 0 Å². The zero-order valence-electron chi connectivity index (χ0n) is 14.4. The lowest BCUT2D eigenvalue weighted by atomic mass is 10.1. The molecule has 0 aliphatic carbocycles. The summed E-state index contributed by atoms with van der Waals surface area (Å²) in [5.41, 5.74) is 1.43. The molecule has 0 bridgehead atoms. The molecule has 1 fully saturated rings. The SMILES string of the molecule is CCN1CCCCCC1CNCCc1ccc2ccccc2c1. The van der Waals surface area contributed by atoms with Crippen molar-refractivity contribution in [3.63, 3.8) is 0 Å². The van der Waals surface area contributed by atoms with Gasteiger partial charge in [-0.1, -0.05) is 62.2 Å². The first-order valence-corrected chi connectivity index (χ1v) is 9.29. The first-order valence-electron chi connectivity index (χ1n) is 9.29. The van der Waals surface area contributed by atoms with Crippen LogP contribution in [0.3, 0.4) is 0 Å². The third-order valence-electron chi connectivity index (χ3n) is 5.19. The highest BCUT2D eigenvalue weighted by Crippen LogP contribution is 2.17. The predicted molar refractivity (Wildman–Crippen MR) is 100 cm³/mol. The highest BCUT2D eigenvalue weighted by molar-refractivity contribution is 5.82. The number of fused-ring (bicyclic) bond motifs is 1. The van der Waals surface area contributed by atoms with Crippen molar-refractivity contribution in [3.8, 4) is 0 Å². The van der Waals surface area contributed by atoms with Gasteiger partial charge in [-0.15, -0.1) is 0 Å². The predicted octanol–water partition coefficient (Wildman–Crippen LogP) is 4.24. The van der Waals surface area contributed by atoms with Crippen LogP contribution in [0.1, 0.15) is 38.2 Å². The lowest BCUT2D eigenvalue weighted by molar-refractivity contribution is 0.205. The maximum Gasteiger partial charge on any atom is 0.0220 e. The van der Waals surface area contributed by atoms with Crippen LogP contribution in [-0.4, -0.2) is 37.1 Å². The Bertz CT molecular complexity index is 608. The number of likely N-dealkylation sites (N-methyl/N-ethyl adjacent to an activating group) is 1. The molecule has 2 aromatic carbocycles. The topological polar surface area (TPSA) is 15.3 Å². The van der Waals surface area contributed by atoms with Gasteiger partial charge in [-0.05, 0) is 55.2 Å². The summed E-state index contributed by atoms with van der Waals surface area (Å²) >= 11 is 0. The van der Waals surface area contributed by atoms with Crippen LogP contribution in [0, 0.1) is 0 Å². The Hall–Kier alpha value is -1.38. The molecular weight excluding hydrogens is 280 g/mol. The van der Waals surface area contributed by atoms with E-state index in [1.807, 2.05) is 0 Å². The fourth-order valence-corrected chi connectivity index (χ4v) is 3.78. The van der Waals surface area contributed by atoms with Crippen molar-refractivity contribution in [2.24, 2.45) is 0 Å². The van der Waals surface area contributed by atoms with Crippen molar-refractivity contribution in [3.05, 3.63) is 48.0 Å². The molecule has 23 heavy (non-hydrogen) atoms. The average molecular weight is 310 g/mol. The Morgan fingerprint density at radius 3 is 2.78 bits per heavy atom. The summed E-state index contributed by atoms with van der Waals surface area (Å²) in [6.07, 6.45) is 6.65. The molecule has 1 atom stereocenters. The van der Waals surface area contributed by atoms with Crippen LogP contribution in [0.5, 0.6) is 0 Å². The van der Waals surface area contributed by atoms with Crippen molar-refractivity contribution < 1.29 is 0 Å². The Morgan fingerprint density at radius 1 is 1.04 bits per heavy atom. The largest absolute Gasteiger partial charge is 0.315 e. The molecule has 0 saturated carbocycles. The molecule has 1 aliphatic rings. The number of nitrogens with zero attached hydrogens (tertiary/aromatic N) is 1. The van der Waals surface area contributed by atoms with E-state index in [4.69, 9.17) is 0 Å². The average Bonchev–Trinajstić information content (AvgIpc) is 2.83. The lowest BCUT2D eigenvalue weighted by Crippen LogP contribution is -2.42. The van der Waals surface area contributed by atoms with Crippen molar-refractivity contribution in [2.75, 3.05) is 26.2 Å². The smallest absolute Gasteiger partial charge is 0.0220 e. The molecule has 0 spiro atoms. The summed E-state index contributed by atoms with van der Waals surface area (Å²) in [4.78, 5) is 2.66. The van der Waals surface area contributed by atoms with Gasteiger partial charge in [0.05, 0.1) is 0 Å². The molecule has 1 saturated heterocycles. The van der Waals surface area contributed by atoms with Crippen LogP contribution in [-0.2, 0) is 6.42 Å². The normalized spacial score (nSPS) is 19.8. The third-order valence-corrected chi connectivity index (χ3v) is 5.19. The maximum atomic E-state index is 3.70. The fraction of sp³-hybridized carbons (Fsp3) is 0.524. The molecular formula is C21H30N2. The number of hydrogen-bond donors (Lipinski definition) is 1. The van der Waals surface area contributed by atoms with Crippen LogP contribution in [0.2, 0.25) is 0 Å². The van der Waals surface area contributed by atoms with Crippen LogP contribution in [0.4, 0.5) is 0 Å². The Morgan fingerprint density at radius 2 is 1.91 bits per heavy atom. The van der Waals surface area contributed by atoms with Gasteiger partial charge in [0, 0.05) is 12.6 Å². The van der Waals surface area contributed by atoms with Gasteiger partial charge in [-0.3, -0.25) is 4.90 Å². The minimum Gasteiger partial charge on any atom is -0.315 e. The molecule has 0 aromatic heterocycles. The van der Waals surface area contributed by atoms with Crippen molar-refractivity contribution in [1.82, 2.24) is 10.2 Å².